The largest absolute Gasteiger partial charge is 0.326 e. The minimum atomic E-state index is -0.125. The summed E-state index contributed by atoms with van der Waals surface area (Å²) in [6, 6.07) is 25.1. The average molecular weight is 480 g/mol. The molecule has 0 aliphatic carbocycles. The maximum Gasteiger partial charge on any atom is 0.221 e. The van der Waals surface area contributed by atoms with Gasteiger partial charge in [-0.2, -0.15) is 0 Å². The molecular weight excluding hydrogens is 450 g/mol. The number of benzene rings is 3. The lowest BCUT2D eigenvalue weighted by Crippen LogP contribution is -2.37. The number of piperidine rings is 1. The SMILES string of the molecule is CC(=O)Nc1ccc(/C=C2/CN(Cc3ccccc3)C/C(=C/c3ccc(NC(C)=O)cc3)C2=O)cc1. The molecule has 1 heterocycles. The first-order chi connectivity index (χ1) is 17.4. The van der Waals surface area contributed by atoms with Crippen LogP contribution in [-0.4, -0.2) is 35.6 Å². The van der Waals surface area contributed by atoms with Gasteiger partial charge in [-0.3, -0.25) is 19.3 Å². The highest BCUT2D eigenvalue weighted by molar-refractivity contribution is 6.14. The molecule has 0 radical (unpaired) electrons. The van der Waals surface area contributed by atoms with Crippen molar-refractivity contribution in [1.82, 2.24) is 4.90 Å². The van der Waals surface area contributed by atoms with Crippen LogP contribution >= 0.6 is 0 Å². The van der Waals surface area contributed by atoms with Crippen LogP contribution in [-0.2, 0) is 20.9 Å². The maximum absolute atomic E-state index is 13.5. The molecule has 2 N–H and O–H groups in total. The molecule has 0 saturated carbocycles. The second-order valence-corrected chi connectivity index (χ2v) is 8.91. The number of ketones is 1. The molecule has 3 aromatic carbocycles. The third-order valence-electron chi connectivity index (χ3n) is 5.76. The van der Waals surface area contributed by atoms with Gasteiger partial charge in [-0.15, -0.1) is 0 Å². The molecule has 3 aromatic rings. The van der Waals surface area contributed by atoms with Crippen molar-refractivity contribution in [3.8, 4) is 0 Å². The van der Waals surface area contributed by atoms with Crippen LogP contribution < -0.4 is 10.6 Å². The zero-order chi connectivity index (χ0) is 25.5. The summed E-state index contributed by atoms with van der Waals surface area (Å²) in [7, 11) is 0. The summed E-state index contributed by atoms with van der Waals surface area (Å²) in [5.74, 6) is -0.226. The molecule has 0 bridgehead atoms. The molecule has 1 aliphatic heterocycles. The number of carbonyl (C=O) groups excluding carboxylic acids is 3. The van der Waals surface area contributed by atoms with Crippen molar-refractivity contribution in [2.45, 2.75) is 20.4 Å². The van der Waals surface area contributed by atoms with Crippen LogP contribution in [0, 0.1) is 0 Å². The smallest absolute Gasteiger partial charge is 0.221 e. The number of carbonyl (C=O) groups is 3. The van der Waals surface area contributed by atoms with E-state index in [0.29, 0.717) is 35.6 Å². The Bertz CT molecular complexity index is 1230. The Hall–Kier alpha value is -4.29. The van der Waals surface area contributed by atoms with E-state index in [1.165, 1.54) is 19.4 Å². The summed E-state index contributed by atoms with van der Waals surface area (Å²) in [4.78, 5) is 38.3. The fourth-order valence-electron chi connectivity index (χ4n) is 4.20. The fourth-order valence-corrected chi connectivity index (χ4v) is 4.20. The Balaban J connectivity index is 1.62. The highest BCUT2D eigenvalue weighted by Crippen LogP contribution is 2.24. The van der Waals surface area contributed by atoms with E-state index in [1.807, 2.05) is 78.9 Å². The molecule has 2 amide bonds. The van der Waals surface area contributed by atoms with E-state index in [9.17, 15) is 14.4 Å². The highest BCUT2D eigenvalue weighted by atomic mass is 16.2. The van der Waals surface area contributed by atoms with Crippen LogP contribution in [0.15, 0.2) is 90.0 Å². The molecule has 182 valence electrons. The average Bonchev–Trinajstić information content (AvgIpc) is 2.84. The van der Waals surface area contributed by atoms with Crippen molar-refractivity contribution >= 4 is 41.1 Å². The van der Waals surface area contributed by atoms with E-state index in [4.69, 9.17) is 0 Å². The first-order valence-electron chi connectivity index (χ1n) is 11.8. The quantitative estimate of drug-likeness (QED) is 0.479. The van der Waals surface area contributed by atoms with Gasteiger partial charge >= 0.3 is 0 Å². The van der Waals surface area contributed by atoms with E-state index >= 15 is 0 Å². The maximum atomic E-state index is 13.5. The van der Waals surface area contributed by atoms with Crippen molar-refractivity contribution in [3.05, 3.63) is 107 Å². The van der Waals surface area contributed by atoms with Crippen LogP contribution in [0.4, 0.5) is 11.4 Å². The van der Waals surface area contributed by atoms with Gasteiger partial charge in [0.1, 0.15) is 0 Å². The number of hydrogen-bond acceptors (Lipinski definition) is 4. The summed E-state index contributed by atoms with van der Waals surface area (Å²) in [6.07, 6.45) is 3.84. The number of likely N-dealkylation sites (tertiary alicyclic amines) is 1. The van der Waals surface area contributed by atoms with E-state index in [0.717, 1.165) is 17.7 Å². The van der Waals surface area contributed by atoms with Gasteiger partial charge in [0.25, 0.3) is 0 Å². The number of amides is 2. The molecule has 6 nitrogen and oxygen atoms in total. The standard InChI is InChI=1S/C30H29N3O3/c1-21(34)31-28-12-8-23(9-13-28)16-26-19-33(18-25-6-4-3-5-7-25)20-27(30(26)36)17-24-10-14-29(15-11-24)32-22(2)35/h3-17H,18-20H2,1-2H3,(H,31,34)(H,32,35)/b26-16-,27-17-. The Labute approximate surface area is 211 Å². The third-order valence-corrected chi connectivity index (χ3v) is 5.76. The summed E-state index contributed by atoms with van der Waals surface area (Å²) >= 11 is 0. The van der Waals surface area contributed by atoms with Gasteiger partial charge in [0.05, 0.1) is 0 Å². The molecule has 1 aliphatic rings. The van der Waals surface area contributed by atoms with Gasteiger partial charge in [0.15, 0.2) is 5.78 Å². The lowest BCUT2D eigenvalue weighted by molar-refractivity contribution is -0.115. The molecule has 1 fully saturated rings. The van der Waals surface area contributed by atoms with E-state index in [-0.39, 0.29) is 17.6 Å². The van der Waals surface area contributed by atoms with Crippen molar-refractivity contribution in [2.24, 2.45) is 0 Å². The number of hydrogen-bond donors (Lipinski definition) is 2. The molecule has 0 atom stereocenters. The number of anilines is 2. The monoisotopic (exact) mass is 479 g/mol. The second kappa shape index (κ2) is 11.4. The number of rotatable bonds is 6. The van der Waals surface area contributed by atoms with Crippen LogP contribution in [0.3, 0.4) is 0 Å². The first-order valence-corrected chi connectivity index (χ1v) is 11.8. The Morgan fingerprint density at radius 1 is 0.722 bits per heavy atom. The van der Waals surface area contributed by atoms with Gasteiger partial charge in [-0.05, 0) is 53.1 Å². The summed E-state index contributed by atoms with van der Waals surface area (Å²) < 4.78 is 0. The summed E-state index contributed by atoms with van der Waals surface area (Å²) in [6.45, 7) is 4.75. The molecule has 0 aromatic heterocycles. The van der Waals surface area contributed by atoms with Crippen molar-refractivity contribution < 1.29 is 14.4 Å². The van der Waals surface area contributed by atoms with Gasteiger partial charge in [-0.25, -0.2) is 0 Å². The predicted molar refractivity (Wildman–Crippen MR) is 144 cm³/mol. The Kier molecular flexibility index (Phi) is 7.88. The topological polar surface area (TPSA) is 78.5 Å². The van der Waals surface area contributed by atoms with E-state index in [2.05, 4.69) is 27.7 Å². The van der Waals surface area contributed by atoms with Crippen LogP contribution in [0.2, 0.25) is 0 Å². The van der Waals surface area contributed by atoms with Gasteiger partial charge in [-0.1, -0.05) is 54.6 Å². The minimum Gasteiger partial charge on any atom is -0.326 e. The summed E-state index contributed by atoms with van der Waals surface area (Å²) in [5.41, 5.74) is 5.84. The molecule has 4 rings (SSSR count). The molecule has 6 heteroatoms. The number of Topliss-reactive ketones (excluding diaryl/α,β-unsaturated/α-hetero) is 1. The van der Waals surface area contributed by atoms with Crippen molar-refractivity contribution in [2.75, 3.05) is 23.7 Å². The summed E-state index contributed by atoms with van der Waals surface area (Å²) in [5, 5.41) is 5.52. The van der Waals surface area contributed by atoms with Gasteiger partial charge in [0, 0.05) is 56.0 Å². The van der Waals surface area contributed by atoms with E-state index in [1.54, 1.807) is 0 Å². The second-order valence-electron chi connectivity index (χ2n) is 8.91. The molecular formula is C30H29N3O3. The predicted octanol–water partition coefficient (Wildman–Crippen LogP) is 5.16. The Morgan fingerprint density at radius 2 is 1.17 bits per heavy atom. The first kappa shape index (κ1) is 24.8. The number of nitrogens with one attached hydrogen (secondary N) is 2. The fraction of sp³-hybridized carbons (Fsp3) is 0.167. The zero-order valence-corrected chi connectivity index (χ0v) is 20.5. The molecule has 0 unspecified atom stereocenters. The Morgan fingerprint density at radius 3 is 1.58 bits per heavy atom. The zero-order valence-electron chi connectivity index (χ0n) is 20.5. The van der Waals surface area contributed by atoms with Gasteiger partial charge < -0.3 is 10.6 Å². The third kappa shape index (κ3) is 6.87. The number of nitrogens with zero attached hydrogens (tertiary/aromatic N) is 1. The van der Waals surface area contributed by atoms with Crippen molar-refractivity contribution in [1.29, 1.82) is 0 Å². The highest BCUT2D eigenvalue weighted by Gasteiger charge is 2.26. The lowest BCUT2D eigenvalue weighted by Gasteiger charge is -2.30. The van der Waals surface area contributed by atoms with Crippen LogP contribution in [0.1, 0.15) is 30.5 Å². The minimum absolute atomic E-state index is 0.0242. The van der Waals surface area contributed by atoms with E-state index < -0.39 is 0 Å². The molecule has 0 spiro atoms. The van der Waals surface area contributed by atoms with Crippen LogP contribution in [0.25, 0.3) is 12.2 Å². The lowest BCUT2D eigenvalue weighted by atomic mass is 9.93. The molecule has 36 heavy (non-hydrogen) atoms. The normalized spacial score (nSPS) is 16.2. The van der Waals surface area contributed by atoms with Crippen molar-refractivity contribution in [3.63, 3.8) is 0 Å². The van der Waals surface area contributed by atoms with Crippen LogP contribution in [0.5, 0.6) is 0 Å². The molecule has 1 saturated heterocycles. The van der Waals surface area contributed by atoms with Gasteiger partial charge in [0.2, 0.25) is 11.8 Å².